The van der Waals surface area contributed by atoms with Crippen LogP contribution in [0.3, 0.4) is 0 Å². The number of phenols is 1. The Bertz CT molecular complexity index is 400. The van der Waals surface area contributed by atoms with Gasteiger partial charge in [-0.15, -0.1) is 0 Å². The molecule has 2 aromatic carbocycles. The summed E-state index contributed by atoms with van der Waals surface area (Å²) in [5.74, 6) is 0.321. The average Bonchev–Trinajstić information content (AvgIpc) is 2.23. The van der Waals surface area contributed by atoms with Crippen LogP contribution in [-0.2, 0) is 6.42 Å². The molecule has 0 bridgehead atoms. The Morgan fingerprint density at radius 1 is 0.800 bits per heavy atom. The van der Waals surface area contributed by atoms with Crippen LogP contribution in [-0.4, -0.2) is 5.11 Å². The third-order valence-electron chi connectivity index (χ3n) is 2.19. The van der Waals surface area contributed by atoms with Crippen molar-refractivity contribution < 1.29 is 57.9 Å². The predicted octanol–water partition coefficient (Wildman–Crippen LogP) is 0.0995. The van der Waals surface area contributed by atoms with E-state index in [1.165, 1.54) is 11.1 Å². The summed E-state index contributed by atoms with van der Waals surface area (Å²) in [4.78, 5) is 0. The number of rotatable bonds is 2. The van der Waals surface area contributed by atoms with Gasteiger partial charge >= 0.3 is 51.4 Å². The first-order valence-electron chi connectivity index (χ1n) is 4.66. The fourth-order valence-corrected chi connectivity index (χ4v) is 1.45. The second-order valence-electron chi connectivity index (χ2n) is 3.33. The molecule has 0 atom stereocenters. The van der Waals surface area contributed by atoms with Crippen LogP contribution in [0.1, 0.15) is 12.6 Å². The molecular weight excluding hydrogens is 211 g/mol. The van der Waals surface area contributed by atoms with Crippen LogP contribution in [0.5, 0.6) is 5.75 Å². The number of aromatic hydroxyl groups is 1. The van der Waals surface area contributed by atoms with Crippen LogP contribution in [0.4, 0.5) is 0 Å². The van der Waals surface area contributed by atoms with Crippen molar-refractivity contribution in [2.45, 2.75) is 6.42 Å². The summed E-state index contributed by atoms with van der Waals surface area (Å²) in [6.45, 7) is 0. The van der Waals surface area contributed by atoms with Crippen molar-refractivity contribution in [3.63, 3.8) is 0 Å². The van der Waals surface area contributed by atoms with Gasteiger partial charge in [0.15, 0.2) is 0 Å². The van der Waals surface area contributed by atoms with Crippen LogP contribution in [0.25, 0.3) is 0 Å². The minimum atomic E-state index is 0. The van der Waals surface area contributed by atoms with E-state index in [0.29, 0.717) is 5.75 Å². The van der Waals surface area contributed by atoms with E-state index in [1.54, 1.807) is 12.1 Å². The van der Waals surface area contributed by atoms with Crippen molar-refractivity contribution in [1.29, 1.82) is 0 Å². The largest absolute Gasteiger partial charge is 1.00 e. The monoisotopic (exact) mass is 224 g/mol. The van der Waals surface area contributed by atoms with Gasteiger partial charge in [0.1, 0.15) is 5.75 Å². The number of phenolic OH excluding ortho intramolecular Hbond substituents is 1. The van der Waals surface area contributed by atoms with Crippen molar-refractivity contribution in [1.82, 2.24) is 0 Å². The zero-order valence-electron chi connectivity index (χ0n) is 9.85. The van der Waals surface area contributed by atoms with E-state index in [2.05, 4.69) is 12.1 Å². The Labute approximate surface area is 134 Å². The maximum absolute atomic E-state index is 9.12. The molecule has 72 valence electrons. The summed E-state index contributed by atoms with van der Waals surface area (Å²) in [7, 11) is 0. The minimum absolute atomic E-state index is 0. The Balaban J connectivity index is 0.00000112. The molecule has 0 radical (unpaired) electrons. The number of benzene rings is 2. The van der Waals surface area contributed by atoms with E-state index in [0.717, 1.165) is 6.42 Å². The number of hydrogen-bond acceptors (Lipinski definition) is 1. The maximum Gasteiger partial charge on any atom is 1.00 e. The fourth-order valence-electron chi connectivity index (χ4n) is 1.45. The molecule has 0 unspecified atom stereocenters. The molecule has 0 saturated heterocycles. The number of hydrogen-bond donors (Lipinski definition) is 1. The predicted molar refractivity (Wildman–Crippen MR) is 58.5 cm³/mol. The van der Waals surface area contributed by atoms with Gasteiger partial charge in [0, 0.05) is 0 Å². The molecule has 0 aliphatic heterocycles. The Morgan fingerprint density at radius 3 is 1.93 bits per heavy atom. The molecule has 2 aromatic rings. The molecule has 0 heterocycles. The van der Waals surface area contributed by atoms with Crippen LogP contribution in [0.15, 0.2) is 54.6 Å². The molecule has 0 spiro atoms. The van der Waals surface area contributed by atoms with E-state index < -0.39 is 0 Å². The molecule has 2 heteroatoms. The summed E-state index contributed by atoms with van der Waals surface area (Å²) in [6.07, 6.45) is 0.918. The van der Waals surface area contributed by atoms with Crippen molar-refractivity contribution in [2.75, 3.05) is 0 Å². The normalized spacial score (nSPS) is 9.33. The van der Waals surface area contributed by atoms with Crippen molar-refractivity contribution >= 4 is 0 Å². The third-order valence-corrected chi connectivity index (χ3v) is 2.19. The molecule has 0 aliphatic carbocycles. The topological polar surface area (TPSA) is 20.2 Å². The molecular formula is C13H13KO. The molecule has 2 rings (SSSR count). The average molecular weight is 224 g/mol. The molecule has 1 N–H and O–H groups in total. The summed E-state index contributed by atoms with van der Waals surface area (Å²) in [6, 6.07) is 17.6. The van der Waals surface area contributed by atoms with Gasteiger partial charge in [-0.25, -0.2) is 0 Å². The van der Waals surface area contributed by atoms with Crippen molar-refractivity contribution in [3.05, 3.63) is 65.7 Å². The van der Waals surface area contributed by atoms with Gasteiger partial charge in [-0.05, 0) is 29.7 Å². The van der Waals surface area contributed by atoms with E-state index in [9.17, 15) is 0 Å². The Kier molecular flexibility index (Phi) is 5.57. The van der Waals surface area contributed by atoms with E-state index >= 15 is 0 Å². The Morgan fingerprint density at radius 2 is 1.33 bits per heavy atom. The van der Waals surface area contributed by atoms with Crippen LogP contribution in [0, 0.1) is 0 Å². The smallest absolute Gasteiger partial charge is 1.00 e. The van der Waals surface area contributed by atoms with Crippen LogP contribution in [0.2, 0.25) is 0 Å². The van der Waals surface area contributed by atoms with Gasteiger partial charge in [0.25, 0.3) is 0 Å². The van der Waals surface area contributed by atoms with Crippen LogP contribution < -0.4 is 51.4 Å². The zero-order valence-corrected chi connectivity index (χ0v) is 12.0. The van der Waals surface area contributed by atoms with Gasteiger partial charge < -0.3 is 6.53 Å². The second-order valence-corrected chi connectivity index (χ2v) is 3.33. The minimum Gasteiger partial charge on any atom is -1.00 e. The van der Waals surface area contributed by atoms with E-state index in [4.69, 9.17) is 5.11 Å². The molecule has 1 nitrogen and oxygen atoms in total. The second kappa shape index (κ2) is 6.46. The standard InChI is InChI=1S/C13H12O.K.H/c14-13-8-6-12(7-9-13)10-11-4-2-1-3-5-11;;/h1-9,14H,10H2;;/q;+1;-1. The van der Waals surface area contributed by atoms with Gasteiger partial charge in [-0.2, -0.15) is 0 Å². The first-order valence-corrected chi connectivity index (χ1v) is 4.66. The van der Waals surface area contributed by atoms with E-state index in [1.807, 2.05) is 30.3 Å². The SMILES string of the molecule is Oc1ccc(Cc2ccccc2)cc1.[H-].[K+]. The summed E-state index contributed by atoms with van der Waals surface area (Å²) in [5, 5.41) is 9.12. The van der Waals surface area contributed by atoms with Gasteiger partial charge in [0.05, 0.1) is 0 Å². The first-order chi connectivity index (χ1) is 6.84. The van der Waals surface area contributed by atoms with Crippen molar-refractivity contribution in [2.24, 2.45) is 0 Å². The van der Waals surface area contributed by atoms with Crippen LogP contribution >= 0.6 is 0 Å². The summed E-state index contributed by atoms with van der Waals surface area (Å²) >= 11 is 0. The van der Waals surface area contributed by atoms with E-state index in [-0.39, 0.29) is 52.8 Å². The fraction of sp³-hybridized carbons (Fsp3) is 0.0769. The molecule has 0 aromatic heterocycles. The molecule has 0 amide bonds. The quantitative estimate of drug-likeness (QED) is 0.717. The zero-order chi connectivity index (χ0) is 9.80. The molecule has 0 saturated carbocycles. The van der Waals surface area contributed by atoms with Gasteiger partial charge in [-0.1, -0.05) is 42.5 Å². The van der Waals surface area contributed by atoms with Crippen molar-refractivity contribution in [3.8, 4) is 5.75 Å². The molecule has 0 fully saturated rings. The molecule has 15 heavy (non-hydrogen) atoms. The van der Waals surface area contributed by atoms with Gasteiger partial charge in [0.2, 0.25) is 0 Å². The maximum atomic E-state index is 9.12. The Hall–Kier alpha value is -0.124. The first kappa shape index (κ1) is 12.9. The summed E-state index contributed by atoms with van der Waals surface area (Å²) < 4.78 is 0. The molecule has 0 aliphatic rings. The van der Waals surface area contributed by atoms with Gasteiger partial charge in [-0.3, -0.25) is 0 Å². The third kappa shape index (κ3) is 4.09. The summed E-state index contributed by atoms with van der Waals surface area (Å²) in [5.41, 5.74) is 2.51.